The highest BCUT2D eigenvalue weighted by Crippen LogP contribution is 2.29. The molecule has 0 radical (unpaired) electrons. The molecule has 2 heterocycles. The van der Waals surface area contributed by atoms with Crippen LogP contribution in [0.4, 0.5) is 13.2 Å². The van der Waals surface area contributed by atoms with Crippen LogP contribution in [0.3, 0.4) is 0 Å². The van der Waals surface area contributed by atoms with Gasteiger partial charge in [-0.15, -0.1) is 0 Å². The molecule has 3 aromatic rings. The number of pyridine rings is 1. The maximum Gasteiger partial charge on any atom is 0.417 e. The molecule has 3 rings (SSSR count). The minimum Gasteiger partial charge on any atom is -0.494 e. The first-order chi connectivity index (χ1) is 12.9. The molecule has 0 unspecified atom stereocenters. The maximum atomic E-state index is 12.8. The molecule has 0 aliphatic carbocycles. The van der Waals surface area contributed by atoms with E-state index in [1.807, 2.05) is 6.92 Å². The molecule has 142 valence electrons. The maximum absolute atomic E-state index is 12.8. The monoisotopic (exact) mass is 377 g/mol. The first kappa shape index (κ1) is 18.8. The Labute approximate surface area is 153 Å². The third-order valence-corrected chi connectivity index (χ3v) is 3.90. The van der Waals surface area contributed by atoms with E-state index in [1.165, 1.54) is 16.7 Å². The Morgan fingerprint density at radius 3 is 2.78 bits per heavy atom. The minimum atomic E-state index is -4.40. The zero-order chi connectivity index (χ0) is 19.4. The van der Waals surface area contributed by atoms with Crippen molar-refractivity contribution in [1.29, 1.82) is 0 Å². The lowest BCUT2D eigenvalue weighted by molar-refractivity contribution is -0.137. The van der Waals surface area contributed by atoms with Gasteiger partial charge in [0.15, 0.2) is 0 Å². The number of benzene rings is 1. The van der Waals surface area contributed by atoms with Crippen molar-refractivity contribution in [3.05, 3.63) is 65.6 Å². The molecule has 8 heteroatoms. The second-order valence-corrected chi connectivity index (χ2v) is 5.88. The highest BCUT2D eigenvalue weighted by molar-refractivity contribution is 5.94. The second-order valence-electron chi connectivity index (χ2n) is 5.88. The Kier molecular flexibility index (Phi) is 5.34. The molecule has 0 aliphatic rings. The van der Waals surface area contributed by atoms with Gasteiger partial charge in [0.25, 0.3) is 5.91 Å². The summed E-state index contributed by atoms with van der Waals surface area (Å²) in [6.07, 6.45) is -1.46. The lowest BCUT2D eigenvalue weighted by Crippen LogP contribution is -2.25. The average Bonchev–Trinajstić information content (AvgIpc) is 3.03. The number of aromatic nitrogens is 2. The van der Waals surface area contributed by atoms with Crippen LogP contribution in [-0.2, 0) is 12.6 Å². The van der Waals surface area contributed by atoms with Crippen LogP contribution in [0, 0.1) is 0 Å². The van der Waals surface area contributed by atoms with Gasteiger partial charge in [0.05, 0.1) is 17.9 Å². The summed E-state index contributed by atoms with van der Waals surface area (Å²) in [5, 5.41) is 2.77. The molecule has 5 nitrogen and oxygen atoms in total. The van der Waals surface area contributed by atoms with Crippen LogP contribution in [0.2, 0.25) is 0 Å². The molecule has 0 saturated heterocycles. The highest BCUT2D eigenvalue weighted by atomic mass is 19.4. The molecule has 0 atom stereocenters. The number of nitrogens with zero attached hydrogens (tertiary/aromatic N) is 2. The first-order valence-corrected chi connectivity index (χ1v) is 8.42. The predicted molar refractivity (Wildman–Crippen MR) is 93.8 cm³/mol. The molecular weight excluding hydrogens is 359 g/mol. The van der Waals surface area contributed by atoms with Crippen molar-refractivity contribution < 1.29 is 22.7 Å². The highest BCUT2D eigenvalue weighted by Gasteiger charge is 2.30. The lowest BCUT2D eigenvalue weighted by Gasteiger charge is -2.07. The van der Waals surface area contributed by atoms with Gasteiger partial charge in [-0.05, 0) is 37.3 Å². The normalized spacial score (nSPS) is 11.6. The summed E-state index contributed by atoms with van der Waals surface area (Å²) in [5.41, 5.74) is 0.763. The summed E-state index contributed by atoms with van der Waals surface area (Å²) in [6, 6.07) is 9.17. The summed E-state index contributed by atoms with van der Waals surface area (Å²) < 4.78 is 45.0. The van der Waals surface area contributed by atoms with Crippen molar-refractivity contribution in [1.82, 2.24) is 14.7 Å². The van der Waals surface area contributed by atoms with E-state index >= 15 is 0 Å². The molecule has 0 spiro atoms. The molecular formula is C19H18F3N3O2. The first-order valence-electron chi connectivity index (χ1n) is 8.42. The SMILES string of the molecule is CCOc1cccc(C(=O)NCCc2cn3cc(C(F)(F)F)ccc3n2)c1. The van der Waals surface area contributed by atoms with Crippen molar-refractivity contribution >= 4 is 11.6 Å². The fourth-order valence-electron chi connectivity index (χ4n) is 2.63. The molecule has 0 saturated carbocycles. The number of carbonyl (C=O) groups excluding carboxylic acids is 1. The molecule has 27 heavy (non-hydrogen) atoms. The van der Waals surface area contributed by atoms with Crippen LogP contribution in [0.25, 0.3) is 5.65 Å². The smallest absolute Gasteiger partial charge is 0.417 e. The van der Waals surface area contributed by atoms with Crippen molar-refractivity contribution in [2.24, 2.45) is 0 Å². The number of hydrogen-bond acceptors (Lipinski definition) is 3. The molecule has 1 N–H and O–H groups in total. The minimum absolute atomic E-state index is 0.250. The summed E-state index contributed by atoms with van der Waals surface area (Å²) in [6.45, 7) is 2.68. The van der Waals surface area contributed by atoms with Crippen molar-refractivity contribution in [2.75, 3.05) is 13.2 Å². The molecule has 1 amide bonds. The fraction of sp³-hybridized carbons (Fsp3) is 0.263. The van der Waals surface area contributed by atoms with E-state index in [9.17, 15) is 18.0 Å². The Balaban J connectivity index is 1.61. The number of carbonyl (C=O) groups is 1. The van der Waals surface area contributed by atoms with E-state index in [1.54, 1.807) is 24.3 Å². The van der Waals surface area contributed by atoms with Gasteiger partial charge in [-0.2, -0.15) is 13.2 Å². The van der Waals surface area contributed by atoms with Crippen molar-refractivity contribution in [3.63, 3.8) is 0 Å². The van der Waals surface area contributed by atoms with E-state index in [0.717, 1.165) is 12.3 Å². The Bertz CT molecular complexity index is 951. The van der Waals surface area contributed by atoms with E-state index in [4.69, 9.17) is 4.74 Å². The molecule has 0 aliphatic heterocycles. The van der Waals surface area contributed by atoms with Gasteiger partial charge in [0.2, 0.25) is 0 Å². The summed E-state index contributed by atoms with van der Waals surface area (Å²) in [7, 11) is 0. The third kappa shape index (κ3) is 4.58. The number of imidazole rings is 1. The third-order valence-electron chi connectivity index (χ3n) is 3.90. The van der Waals surface area contributed by atoms with Crippen LogP contribution in [0.5, 0.6) is 5.75 Å². The number of rotatable bonds is 6. The van der Waals surface area contributed by atoms with Crippen LogP contribution < -0.4 is 10.1 Å². The van der Waals surface area contributed by atoms with Gasteiger partial charge in [-0.1, -0.05) is 6.07 Å². The van der Waals surface area contributed by atoms with Crippen LogP contribution >= 0.6 is 0 Å². The van der Waals surface area contributed by atoms with Crippen LogP contribution in [-0.4, -0.2) is 28.4 Å². The lowest BCUT2D eigenvalue weighted by atomic mass is 10.2. The largest absolute Gasteiger partial charge is 0.494 e. The quantitative estimate of drug-likeness (QED) is 0.712. The Morgan fingerprint density at radius 1 is 1.22 bits per heavy atom. The zero-order valence-electron chi connectivity index (χ0n) is 14.6. The van der Waals surface area contributed by atoms with E-state index in [2.05, 4.69) is 10.3 Å². The van der Waals surface area contributed by atoms with Crippen molar-refractivity contribution in [3.8, 4) is 5.75 Å². The summed E-state index contributed by atoms with van der Waals surface area (Å²) in [4.78, 5) is 16.5. The number of halogens is 3. The predicted octanol–water partition coefficient (Wildman–Crippen LogP) is 3.72. The fourth-order valence-corrected chi connectivity index (χ4v) is 2.63. The number of amides is 1. The van der Waals surface area contributed by atoms with Gasteiger partial charge in [-0.25, -0.2) is 4.98 Å². The van der Waals surface area contributed by atoms with E-state index in [-0.39, 0.29) is 5.91 Å². The van der Waals surface area contributed by atoms with E-state index in [0.29, 0.717) is 42.2 Å². The van der Waals surface area contributed by atoms with Crippen molar-refractivity contribution in [2.45, 2.75) is 19.5 Å². The van der Waals surface area contributed by atoms with Gasteiger partial charge in [0.1, 0.15) is 11.4 Å². The van der Waals surface area contributed by atoms with Gasteiger partial charge >= 0.3 is 6.18 Å². The molecule has 2 aromatic heterocycles. The zero-order valence-corrected chi connectivity index (χ0v) is 14.6. The topological polar surface area (TPSA) is 55.6 Å². The number of hydrogen-bond donors (Lipinski definition) is 1. The van der Waals surface area contributed by atoms with Gasteiger partial charge in [0, 0.05) is 30.9 Å². The Hall–Kier alpha value is -3.03. The summed E-state index contributed by atoms with van der Waals surface area (Å²) in [5.74, 6) is 0.366. The molecule has 0 bridgehead atoms. The van der Waals surface area contributed by atoms with Gasteiger partial charge in [-0.3, -0.25) is 4.79 Å². The Morgan fingerprint density at radius 2 is 2.04 bits per heavy atom. The van der Waals surface area contributed by atoms with Crippen LogP contribution in [0.15, 0.2) is 48.8 Å². The standard InChI is InChI=1S/C19H18F3N3O2/c1-2-27-16-5-3-4-13(10-16)18(26)23-9-8-15-12-25-11-14(19(20,21)22)6-7-17(25)24-15/h3-7,10-12H,2,8-9H2,1H3,(H,23,26). The second kappa shape index (κ2) is 7.69. The van der Waals surface area contributed by atoms with E-state index < -0.39 is 11.7 Å². The summed E-state index contributed by atoms with van der Waals surface area (Å²) >= 11 is 0. The number of ether oxygens (including phenoxy) is 1. The van der Waals surface area contributed by atoms with Gasteiger partial charge < -0.3 is 14.5 Å². The molecule has 1 aromatic carbocycles. The molecule has 0 fully saturated rings. The average molecular weight is 377 g/mol. The number of alkyl halides is 3. The van der Waals surface area contributed by atoms with Crippen LogP contribution in [0.1, 0.15) is 28.5 Å². The number of nitrogens with one attached hydrogen (secondary N) is 1. The number of fused-ring (bicyclic) bond motifs is 1.